The van der Waals surface area contributed by atoms with Gasteiger partial charge in [0.2, 0.25) is 0 Å². The maximum atomic E-state index is 8.89. The summed E-state index contributed by atoms with van der Waals surface area (Å²) in [6, 6.07) is 12.5. The highest BCUT2D eigenvalue weighted by atomic mass is 35.5. The van der Waals surface area contributed by atoms with Gasteiger partial charge < -0.3 is 15.8 Å². The number of ether oxygens (including phenoxy) is 1. The van der Waals surface area contributed by atoms with Gasteiger partial charge in [0.1, 0.15) is 5.75 Å². The Bertz CT molecular complexity index is 650. The zero-order valence-electron chi connectivity index (χ0n) is 10.3. The number of nitrogens with one attached hydrogen (secondary N) is 1. The molecule has 2 aromatic rings. The Morgan fingerprint density at radius 3 is 2.74 bits per heavy atom. The number of anilines is 3. The number of nitrogen functional groups attached to an aromatic ring is 1. The van der Waals surface area contributed by atoms with E-state index >= 15 is 0 Å². The summed E-state index contributed by atoms with van der Waals surface area (Å²) in [5, 5.41) is 12.5. The molecule has 0 heterocycles. The second-order valence-corrected chi connectivity index (χ2v) is 4.26. The average Bonchev–Trinajstić information content (AvgIpc) is 2.43. The fourth-order valence-electron chi connectivity index (χ4n) is 1.67. The molecule has 0 bridgehead atoms. The van der Waals surface area contributed by atoms with Crippen molar-refractivity contribution in [3.63, 3.8) is 0 Å². The number of nitriles is 1. The molecular formula is C14H12ClN3O. The van der Waals surface area contributed by atoms with Crippen LogP contribution in [0.4, 0.5) is 17.1 Å². The van der Waals surface area contributed by atoms with Gasteiger partial charge in [-0.05, 0) is 30.3 Å². The molecule has 0 spiro atoms. The van der Waals surface area contributed by atoms with Gasteiger partial charge >= 0.3 is 0 Å². The number of para-hydroxylation sites is 1. The molecule has 3 N–H and O–H groups in total. The highest BCUT2D eigenvalue weighted by Crippen LogP contribution is 2.33. The van der Waals surface area contributed by atoms with E-state index in [2.05, 4.69) is 11.4 Å². The van der Waals surface area contributed by atoms with Crippen LogP contribution in [0.1, 0.15) is 5.56 Å². The second-order valence-electron chi connectivity index (χ2n) is 3.85. The third-order valence-corrected chi connectivity index (χ3v) is 2.98. The smallest absolute Gasteiger partial charge is 0.143 e. The van der Waals surface area contributed by atoms with Gasteiger partial charge in [0.05, 0.1) is 40.8 Å². The van der Waals surface area contributed by atoms with E-state index in [4.69, 9.17) is 27.3 Å². The van der Waals surface area contributed by atoms with Crippen LogP contribution in [0.3, 0.4) is 0 Å². The van der Waals surface area contributed by atoms with Crippen molar-refractivity contribution in [3.8, 4) is 11.8 Å². The number of halogens is 1. The van der Waals surface area contributed by atoms with E-state index in [0.717, 1.165) is 0 Å². The molecule has 0 aliphatic carbocycles. The Balaban J connectivity index is 2.39. The maximum absolute atomic E-state index is 8.89. The molecule has 0 atom stereocenters. The van der Waals surface area contributed by atoms with Crippen LogP contribution in [0, 0.1) is 11.3 Å². The summed E-state index contributed by atoms with van der Waals surface area (Å²) in [5.74, 6) is 0.581. The average molecular weight is 274 g/mol. The summed E-state index contributed by atoms with van der Waals surface area (Å²) in [7, 11) is 1.55. The minimum absolute atomic E-state index is 0.489. The monoisotopic (exact) mass is 273 g/mol. The van der Waals surface area contributed by atoms with E-state index in [-0.39, 0.29) is 0 Å². The van der Waals surface area contributed by atoms with Gasteiger partial charge in [-0.15, -0.1) is 0 Å². The first-order valence-corrected chi connectivity index (χ1v) is 5.92. The quantitative estimate of drug-likeness (QED) is 0.839. The van der Waals surface area contributed by atoms with E-state index in [1.54, 1.807) is 31.4 Å². The van der Waals surface area contributed by atoms with E-state index < -0.39 is 0 Å². The van der Waals surface area contributed by atoms with Crippen LogP contribution in [-0.2, 0) is 0 Å². The molecular weight excluding hydrogens is 262 g/mol. The first-order valence-electron chi connectivity index (χ1n) is 5.55. The minimum Gasteiger partial charge on any atom is -0.495 e. The van der Waals surface area contributed by atoms with Gasteiger partial charge in [-0.2, -0.15) is 5.26 Å². The summed E-state index contributed by atoms with van der Waals surface area (Å²) in [6.07, 6.45) is 0. The number of rotatable bonds is 3. The summed E-state index contributed by atoms with van der Waals surface area (Å²) in [6.45, 7) is 0. The number of hydrogen-bond acceptors (Lipinski definition) is 4. The molecule has 0 aliphatic heterocycles. The van der Waals surface area contributed by atoms with E-state index in [9.17, 15) is 0 Å². The van der Waals surface area contributed by atoms with Crippen molar-refractivity contribution in [2.24, 2.45) is 0 Å². The lowest BCUT2D eigenvalue weighted by Crippen LogP contribution is -1.99. The molecule has 96 valence electrons. The zero-order valence-corrected chi connectivity index (χ0v) is 11.0. The standard InChI is InChI=1S/C14H12ClN3O/c1-19-13-4-2-3-11(14(13)17)18-12-7-9(8-16)5-6-10(12)15/h2-7,18H,17H2,1H3. The Kier molecular flexibility index (Phi) is 3.79. The number of methoxy groups -OCH3 is 1. The highest BCUT2D eigenvalue weighted by molar-refractivity contribution is 6.33. The summed E-state index contributed by atoms with van der Waals surface area (Å²) < 4.78 is 5.15. The predicted molar refractivity (Wildman–Crippen MR) is 76.9 cm³/mol. The Morgan fingerprint density at radius 1 is 1.26 bits per heavy atom. The Hall–Kier alpha value is -2.38. The van der Waals surface area contributed by atoms with Crippen LogP contribution >= 0.6 is 11.6 Å². The van der Waals surface area contributed by atoms with Crippen molar-refractivity contribution in [3.05, 3.63) is 47.0 Å². The Labute approximate surface area is 116 Å². The van der Waals surface area contributed by atoms with Crippen LogP contribution in [0.2, 0.25) is 5.02 Å². The lowest BCUT2D eigenvalue weighted by atomic mass is 10.2. The molecule has 0 radical (unpaired) electrons. The molecule has 5 heteroatoms. The van der Waals surface area contributed by atoms with Gasteiger partial charge in [0, 0.05) is 0 Å². The van der Waals surface area contributed by atoms with Gasteiger partial charge in [0.25, 0.3) is 0 Å². The van der Waals surface area contributed by atoms with Crippen molar-refractivity contribution in [1.29, 1.82) is 5.26 Å². The SMILES string of the molecule is COc1cccc(Nc2cc(C#N)ccc2Cl)c1N. The molecule has 0 unspecified atom stereocenters. The zero-order chi connectivity index (χ0) is 13.8. The van der Waals surface area contributed by atoms with Crippen LogP contribution in [0.25, 0.3) is 0 Å². The van der Waals surface area contributed by atoms with Crippen molar-refractivity contribution in [2.45, 2.75) is 0 Å². The number of hydrogen-bond donors (Lipinski definition) is 2. The molecule has 4 nitrogen and oxygen atoms in total. The van der Waals surface area contributed by atoms with Crippen LogP contribution in [0.5, 0.6) is 5.75 Å². The van der Waals surface area contributed by atoms with Crippen molar-refractivity contribution in [1.82, 2.24) is 0 Å². The van der Waals surface area contributed by atoms with Gasteiger partial charge in [-0.3, -0.25) is 0 Å². The fraction of sp³-hybridized carbons (Fsp3) is 0.0714. The van der Waals surface area contributed by atoms with Crippen LogP contribution < -0.4 is 15.8 Å². The molecule has 2 rings (SSSR count). The summed E-state index contributed by atoms with van der Waals surface area (Å²) >= 11 is 6.09. The highest BCUT2D eigenvalue weighted by Gasteiger charge is 2.08. The molecule has 0 aliphatic rings. The number of benzene rings is 2. The van der Waals surface area contributed by atoms with E-state index in [1.165, 1.54) is 0 Å². The second kappa shape index (κ2) is 5.51. The molecule has 0 aromatic heterocycles. The third kappa shape index (κ3) is 2.72. The summed E-state index contributed by atoms with van der Waals surface area (Å²) in [4.78, 5) is 0. The predicted octanol–water partition coefficient (Wildman–Crippen LogP) is 3.55. The third-order valence-electron chi connectivity index (χ3n) is 2.65. The van der Waals surface area contributed by atoms with Gasteiger partial charge in [-0.1, -0.05) is 17.7 Å². The van der Waals surface area contributed by atoms with Crippen molar-refractivity contribution >= 4 is 28.7 Å². The molecule has 0 fully saturated rings. The topological polar surface area (TPSA) is 71.1 Å². The Morgan fingerprint density at radius 2 is 2.05 bits per heavy atom. The van der Waals surface area contributed by atoms with E-state index in [1.807, 2.05) is 12.1 Å². The molecule has 0 saturated heterocycles. The van der Waals surface area contributed by atoms with Crippen LogP contribution in [0.15, 0.2) is 36.4 Å². The minimum atomic E-state index is 0.489. The molecule has 2 aromatic carbocycles. The number of nitrogens with zero attached hydrogens (tertiary/aromatic N) is 1. The lowest BCUT2D eigenvalue weighted by molar-refractivity contribution is 0.417. The fourth-order valence-corrected chi connectivity index (χ4v) is 1.83. The maximum Gasteiger partial charge on any atom is 0.143 e. The van der Waals surface area contributed by atoms with E-state index in [0.29, 0.717) is 33.4 Å². The van der Waals surface area contributed by atoms with Gasteiger partial charge in [0.15, 0.2) is 0 Å². The molecule has 0 saturated carbocycles. The van der Waals surface area contributed by atoms with Gasteiger partial charge in [-0.25, -0.2) is 0 Å². The summed E-state index contributed by atoms with van der Waals surface area (Å²) in [5.41, 5.74) is 8.28. The molecule has 19 heavy (non-hydrogen) atoms. The largest absolute Gasteiger partial charge is 0.495 e. The molecule has 0 amide bonds. The number of nitrogens with two attached hydrogens (primary N) is 1. The van der Waals surface area contributed by atoms with Crippen molar-refractivity contribution in [2.75, 3.05) is 18.2 Å². The lowest BCUT2D eigenvalue weighted by Gasteiger charge is -2.13. The first-order chi connectivity index (χ1) is 9.15. The normalized spacial score (nSPS) is 9.74. The first kappa shape index (κ1) is 13.1. The van der Waals surface area contributed by atoms with Crippen molar-refractivity contribution < 1.29 is 4.74 Å². The van der Waals surface area contributed by atoms with Crippen LogP contribution in [-0.4, -0.2) is 7.11 Å².